The van der Waals surface area contributed by atoms with Crippen molar-refractivity contribution in [3.63, 3.8) is 0 Å². The molecule has 4 heterocycles. The molecule has 1 fully saturated rings. The summed E-state index contributed by atoms with van der Waals surface area (Å²) in [4.78, 5) is 34.7. The SMILES string of the molecule is C[C@@H]1CN(c2cc(F)c(C3=CCN(Cc4cnn(C)c4)CC3)cc2NC(=O)C2C=NC(=O)C=C2C(F)(F)F)C[C@H](C)N1C. The highest BCUT2D eigenvalue weighted by Gasteiger charge is 2.43. The average Bonchev–Trinajstić information content (AvgIpc) is 3.36. The Bertz CT molecular complexity index is 1480. The van der Waals surface area contributed by atoms with E-state index >= 15 is 4.39 Å². The molecule has 5 rings (SSSR count). The summed E-state index contributed by atoms with van der Waals surface area (Å²) in [7, 11) is 3.85. The third-order valence-electron chi connectivity index (χ3n) is 8.42. The van der Waals surface area contributed by atoms with Crippen molar-refractivity contribution in [2.45, 2.75) is 45.1 Å². The normalized spacial score (nSPS) is 23.8. The van der Waals surface area contributed by atoms with Crippen LogP contribution in [0.5, 0.6) is 0 Å². The molecule has 1 aromatic carbocycles. The van der Waals surface area contributed by atoms with Crippen LogP contribution >= 0.6 is 0 Å². The van der Waals surface area contributed by atoms with E-state index in [1.807, 2.05) is 45.1 Å². The molecular weight excluding hydrogens is 566 g/mol. The minimum atomic E-state index is -4.90. The van der Waals surface area contributed by atoms with Gasteiger partial charge in [0.1, 0.15) is 11.7 Å². The molecule has 230 valence electrons. The molecule has 0 saturated carbocycles. The van der Waals surface area contributed by atoms with Crippen LogP contribution in [0.1, 0.15) is 31.4 Å². The number of anilines is 2. The quantitative estimate of drug-likeness (QED) is 0.504. The van der Waals surface area contributed by atoms with Gasteiger partial charge in [0.2, 0.25) is 5.91 Å². The molecule has 1 aromatic heterocycles. The number of piperazine rings is 1. The molecule has 9 nitrogen and oxygen atoms in total. The first-order valence-electron chi connectivity index (χ1n) is 14.2. The maximum Gasteiger partial charge on any atom is 0.414 e. The number of benzene rings is 1. The van der Waals surface area contributed by atoms with Crippen molar-refractivity contribution in [2.75, 3.05) is 43.4 Å². The van der Waals surface area contributed by atoms with Gasteiger partial charge in [0.15, 0.2) is 0 Å². The van der Waals surface area contributed by atoms with Crippen molar-refractivity contribution in [1.29, 1.82) is 0 Å². The second-order valence-electron chi connectivity index (χ2n) is 11.5. The molecular formula is C30H35F4N7O2. The molecule has 3 aliphatic heterocycles. The van der Waals surface area contributed by atoms with Crippen molar-refractivity contribution in [3.05, 3.63) is 59.2 Å². The average molecular weight is 602 g/mol. The van der Waals surface area contributed by atoms with Gasteiger partial charge in [0, 0.05) is 81.5 Å². The summed E-state index contributed by atoms with van der Waals surface area (Å²) in [5.41, 5.74) is 1.40. The first-order chi connectivity index (χ1) is 20.3. The number of dihydropyridines is 1. The van der Waals surface area contributed by atoms with Gasteiger partial charge in [-0.25, -0.2) is 9.38 Å². The van der Waals surface area contributed by atoms with Crippen molar-refractivity contribution >= 4 is 35.0 Å². The number of aromatic nitrogens is 2. The van der Waals surface area contributed by atoms with Crippen LogP contribution in [-0.4, -0.2) is 89.1 Å². The summed E-state index contributed by atoms with van der Waals surface area (Å²) in [6.07, 6.45) is 2.38. The van der Waals surface area contributed by atoms with E-state index in [0.29, 0.717) is 57.1 Å². The Balaban J connectivity index is 1.46. The number of aliphatic imine (C=N–C) groups is 1. The van der Waals surface area contributed by atoms with Gasteiger partial charge in [-0.3, -0.25) is 24.1 Å². The second kappa shape index (κ2) is 12.0. The van der Waals surface area contributed by atoms with Gasteiger partial charge in [-0.1, -0.05) is 6.08 Å². The molecule has 3 atom stereocenters. The van der Waals surface area contributed by atoms with Gasteiger partial charge in [0.25, 0.3) is 5.91 Å². The molecule has 0 bridgehead atoms. The molecule has 43 heavy (non-hydrogen) atoms. The van der Waals surface area contributed by atoms with E-state index in [0.717, 1.165) is 11.1 Å². The van der Waals surface area contributed by atoms with E-state index in [1.165, 1.54) is 12.1 Å². The molecule has 13 heteroatoms. The number of rotatable bonds is 6. The standard InChI is InChI=1S/C30H35F4N7O2/c1-18-14-41(15-19(2)39(18)4)27-11-25(31)22(21-5-7-40(8-6-21)17-20-12-36-38(3)16-20)9-26(27)37-29(43)23-13-35-28(42)10-24(23)30(32,33)34/h5,9-13,16,18-19,23H,6-8,14-15,17H2,1-4H3,(H,37,43)/t18-,19+,23?. The number of alkyl halides is 3. The largest absolute Gasteiger partial charge is 0.414 e. The lowest BCUT2D eigenvalue weighted by atomic mass is 9.94. The zero-order chi connectivity index (χ0) is 31.1. The van der Waals surface area contributed by atoms with Gasteiger partial charge in [0.05, 0.1) is 23.1 Å². The van der Waals surface area contributed by atoms with Crippen molar-refractivity contribution < 1.29 is 27.2 Å². The smallest absolute Gasteiger partial charge is 0.367 e. The van der Waals surface area contributed by atoms with E-state index in [2.05, 4.69) is 25.2 Å². The van der Waals surface area contributed by atoms with E-state index < -0.39 is 35.3 Å². The molecule has 1 unspecified atom stereocenters. The molecule has 1 saturated heterocycles. The van der Waals surface area contributed by atoms with Crippen molar-refractivity contribution in [1.82, 2.24) is 19.6 Å². The summed E-state index contributed by atoms with van der Waals surface area (Å²) >= 11 is 0. The van der Waals surface area contributed by atoms with Crippen LogP contribution in [0.25, 0.3) is 5.57 Å². The zero-order valence-corrected chi connectivity index (χ0v) is 24.5. The third-order valence-corrected chi connectivity index (χ3v) is 8.42. The Morgan fingerprint density at radius 1 is 1.14 bits per heavy atom. The summed E-state index contributed by atoms with van der Waals surface area (Å²) < 4.78 is 58.8. The van der Waals surface area contributed by atoms with Crippen LogP contribution < -0.4 is 10.2 Å². The van der Waals surface area contributed by atoms with Gasteiger partial charge >= 0.3 is 6.18 Å². The molecule has 2 amide bonds. The zero-order valence-electron chi connectivity index (χ0n) is 24.5. The predicted molar refractivity (Wildman–Crippen MR) is 156 cm³/mol. The third kappa shape index (κ3) is 6.72. The molecule has 0 radical (unpaired) electrons. The lowest BCUT2D eigenvalue weighted by Gasteiger charge is -2.44. The van der Waals surface area contributed by atoms with Crippen LogP contribution in [0.3, 0.4) is 0 Å². The van der Waals surface area contributed by atoms with E-state index in [1.54, 1.807) is 10.9 Å². The van der Waals surface area contributed by atoms with Crippen LogP contribution in [0.2, 0.25) is 0 Å². The Labute approximate surface area is 247 Å². The molecule has 0 aliphatic carbocycles. The first-order valence-corrected chi connectivity index (χ1v) is 14.2. The Morgan fingerprint density at radius 2 is 1.86 bits per heavy atom. The lowest BCUT2D eigenvalue weighted by molar-refractivity contribution is -0.124. The Hall–Kier alpha value is -3.84. The molecule has 2 aromatic rings. The number of carbonyl (C=O) groups is 2. The number of hydrogen-bond donors (Lipinski definition) is 1. The minimum Gasteiger partial charge on any atom is -0.367 e. The summed E-state index contributed by atoms with van der Waals surface area (Å²) in [6.45, 7) is 7.07. The van der Waals surface area contributed by atoms with Gasteiger partial charge in [-0.05, 0) is 45.0 Å². The molecule has 0 spiro atoms. The minimum absolute atomic E-state index is 0.109. The summed E-state index contributed by atoms with van der Waals surface area (Å²) in [5.74, 6) is -4.38. The summed E-state index contributed by atoms with van der Waals surface area (Å²) in [6, 6.07) is 3.09. The number of hydrogen-bond acceptors (Lipinski definition) is 6. The van der Waals surface area contributed by atoms with Crippen molar-refractivity contribution in [2.24, 2.45) is 18.0 Å². The summed E-state index contributed by atoms with van der Waals surface area (Å²) in [5, 5.41) is 6.83. The lowest BCUT2D eigenvalue weighted by Crippen LogP contribution is -2.55. The fourth-order valence-corrected chi connectivity index (χ4v) is 5.85. The highest BCUT2D eigenvalue weighted by Crippen LogP contribution is 2.38. The van der Waals surface area contributed by atoms with Gasteiger partial charge in [-0.15, -0.1) is 0 Å². The van der Waals surface area contributed by atoms with E-state index in [9.17, 15) is 22.8 Å². The molecule has 3 aliphatic rings. The molecule has 1 N–H and O–H groups in total. The number of amides is 2. The second-order valence-corrected chi connectivity index (χ2v) is 11.5. The maximum absolute atomic E-state index is 15.8. The number of halogens is 4. The highest BCUT2D eigenvalue weighted by atomic mass is 19.4. The van der Waals surface area contributed by atoms with Crippen LogP contribution in [0.4, 0.5) is 28.9 Å². The number of likely N-dealkylation sites (N-methyl/N-ethyl adjacent to an activating group) is 1. The Morgan fingerprint density at radius 3 is 2.47 bits per heavy atom. The highest BCUT2D eigenvalue weighted by molar-refractivity contribution is 6.11. The van der Waals surface area contributed by atoms with Crippen LogP contribution in [0.15, 0.2) is 47.2 Å². The number of carbonyl (C=O) groups excluding carboxylic acids is 2. The van der Waals surface area contributed by atoms with Gasteiger partial charge < -0.3 is 10.2 Å². The topological polar surface area (TPSA) is 86.1 Å². The van der Waals surface area contributed by atoms with Crippen molar-refractivity contribution in [3.8, 4) is 0 Å². The van der Waals surface area contributed by atoms with E-state index in [4.69, 9.17) is 0 Å². The fourth-order valence-electron chi connectivity index (χ4n) is 5.85. The van der Waals surface area contributed by atoms with Gasteiger partial charge in [-0.2, -0.15) is 18.3 Å². The first kappa shape index (κ1) is 30.6. The maximum atomic E-state index is 15.8. The predicted octanol–water partition coefficient (Wildman–Crippen LogP) is 4.03. The Kier molecular flexibility index (Phi) is 8.57. The van der Waals surface area contributed by atoms with Crippen LogP contribution in [-0.2, 0) is 23.2 Å². The van der Waals surface area contributed by atoms with Crippen LogP contribution in [0, 0.1) is 11.7 Å². The number of nitrogens with zero attached hydrogens (tertiary/aromatic N) is 6. The fraction of sp³-hybridized carbons (Fsp3) is 0.467. The number of aryl methyl sites for hydroxylation is 1. The monoisotopic (exact) mass is 601 g/mol. The number of nitrogens with one attached hydrogen (secondary N) is 1. The van der Waals surface area contributed by atoms with E-state index in [-0.39, 0.29) is 23.3 Å².